The number of rotatable bonds is 1. The Bertz CT molecular complexity index is 345. The summed E-state index contributed by atoms with van der Waals surface area (Å²) in [6.07, 6.45) is 2.58. The SMILES string of the molecule is CCC1CN(C)c2ncnc(Cl)c2O1. The van der Waals surface area contributed by atoms with Crippen molar-refractivity contribution in [3.05, 3.63) is 11.5 Å². The largest absolute Gasteiger partial charge is 0.482 e. The maximum atomic E-state index is 5.93. The third-order valence-corrected chi connectivity index (χ3v) is 2.59. The van der Waals surface area contributed by atoms with Crippen LogP contribution in [0.3, 0.4) is 0 Å². The molecule has 0 amide bonds. The fraction of sp³-hybridized carbons (Fsp3) is 0.556. The Labute approximate surface area is 87.9 Å². The number of likely N-dealkylation sites (N-methyl/N-ethyl adjacent to an activating group) is 1. The van der Waals surface area contributed by atoms with Crippen molar-refractivity contribution in [1.29, 1.82) is 0 Å². The highest BCUT2D eigenvalue weighted by molar-refractivity contribution is 6.31. The first-order chi connectivity index (χ1) is 6.72. The average molecular weight is 214 g/mol. The van der Waals surface area contributed by atoms with Gasteiger partial charge >= 0.3 is 0 Å². The summed E-state index contributed by atoms with van der Waals surface area (Å²) in [5.41, 5.74) is 0. The van der Waals surface area contributed by atoms with Crippen LogP contribution in [-0.4, -0.2) is 29.7 Å². The van der Waals surface area contributed by atoms with Crippen LogP contribution in [0.4, 0.5) is 5.82 Å². The van der Waals surface area contributed by atoms with Gasteiger partial charge in [-0.1, -0.05) is 18.5 Å². The minimum Gasteiger partial charge on any atom is -0.482 e. The van der Waals surface area contributed by atoms with Crippen LogP contribution in [0.1, 0.15) is 13.3 Å². The molecule has 76 valence electrons. The molecule has 2 heterocycles. The lowest BCUT2D eigenvalue weighted by atomic mass is 10.2. The Balaban J connectivity index is 2.40. The van der Waals surface area contributed by atoms with Gasteiger partial charge in [0, 0.05) is 7.05 Å². The Morgan fingerprint density at radius 2 is 2.43 bits per heavy atom. The Hall–Kier alpha value is -1.03. The number of halogens is 1. The van der Waals surface area contributed by atoms with Gasteiger partial charge in [0.25, 0.3) is 0 Å². The summed E-state index contributed by atoms with van der Waals surface area (Å²) in [6.45, 7) is 2.93. The molecule has 2 rings (SSSR count). The fourth-order valence-electron chi connectivity index (χ4n) is 1.53. The molecule has 0 radical (unpaired) electrons. The van der Waals surface area contributed by atoms with Crippen LogP contribution in [-0.2, 0) is 0 Å². The summed E-state index contributed by atoms with van der Waals surface area (Å²) < 4.78 is 5.68. The van der Waals surface area contributed by atoms with Crippen LogP contribution in [0.25, 0.3) is 0 Å². The number of anilines is 1. The maximum absolute atomic E-state index is 5.93. The quantitative estimate of drug-likeness (QED) is 0.666. The van der Waals surface area contributed by atoms with E-state index >= 15 is 0 Å². The second-order valence-corrected chi connectivity index (χ2v) is 3.70. The standard InChI is InChI=1S/C9H12ClN3O/c1-3-6-4-13(2)9-7(14-6)8(10)11-5-12-9/h5-6H,3-4H2,1-2H3. The van der Waals surface area contributed by atoms with E-state index in [1.165, 1.54) is 6.33 Å². The van der Waals surface area contributed by atoms with Crippen molar-refractivity contribution in [2.24, 2.45) is 0 Å². The molecule has 0 aromatic carbocycles. The summed E-state index contributed by atoms with van der Waals surface area (Å²) in [5, 5.41) is 0.389. The van der Waals surface area contributed by atoms with E-state index in [4.69, 9.17) is 16.3 Å². The Morgan fingerprint density at radius 3 is 3.14 bits per heavy atom. The van der Waals surface area contributed by atoms with Gasteiger partial charge in [0.15, 0.2) is 16.7 Å². The molecular weight excluding hydrogens is 202 g/mol. The summed E-state index contributed by atoms with van der Waals surface area (Å²) in [5.74, 6) is 1.38. The third-order valence-electron chi connectivity index (χ3n) is 2.32. The van der Waals surface area contributed by atoms with Crippen molar-refractivity contribution in [1.82, 2.24) is 9.97 Å². The first-order valence-corrected chi connectivity index (χ1v) is 4.98. The van der Waals surface area contributed by atoms with Crippen LogP contribution < -0.4 is 9.64 Å². The van der Waals surface area contributed by atoms with Gasteiger partial charge in [-0.2, -0.15) is 0 Å². The van der Waals surface area contributed by atoms with Crippen LogP contribution >= 0.6 is 11.6 Å². The molecule has 0 fully saturated rings. The maximum Gasteiger partial charge on any atom is 0.199 e. The monoisotopic (exact) mass is 213 g/mol. The topological polar surface area (TPSA) is 38.2 Å². The van der Waals surface area contributed by atoms with E-state index in [1.54, 1.807) is 0 Å². The molecule has 1 aliphatic rings. The first-order valence-electron chi connectivity index (χ1n) is 4.60. The van der Waals surface area contributed by atoms with E-state index < -0.39 is 0 Å². The van der Waals surface area contributed by atoms with E-state index in [2.05, 4.69) is 16.9 Å². The normalized spacial score (nSPS) is 20.2. The lowest BCUT2D eigenvalue weighted by molar-refractivity contribution is 0.189. The van der Waals surface area contributed by atoms with Gasteiger partial charge in [-0.25, -0.2) is 9.97 Å². The predicted molar refractivity (Wildman–Crippen MR) is 55.0 cm³/mol. The molecule has 1 atom stereocenters. The first kappa shape index (κ1) is 9.52. The number of hydrogen-bond acceptors (Lipinski definition) is 4. The zero-order valence-electron chi connectivity index (χ0n) is 8.20. The molecule has 1 aromatic heterocycles. The number of hydrogen-bond donors (Lipinski definition) is 0. The summed E-state index contributed by atoms with van der Waals surface area (Å²) in [6, 6.07) is 0. The highest BCUT2D eigenvalue weighted by Crippen LogP contribution is 2.35. The van der Waals surface area contributed by atoms with Crippen molar-refractivity contribution in [2.45, 2.75) is 19.4 Å². The van der Waals surface area contributed by atoms with Crippen molar-refractivity contribution < 1.29 is 4.74 Å². The highest BCUT2D eigenvalue weighted by Gasteiger charge is 2.25. The van der Waals surface area contributed by atoms with E-state index in [0.29, 0.717) is 10.9 Å². The smallest absolute Gasteiger partial charge is 0.199 e. The van der Waals surface area contributed by atoms with Crippen LogP contribution in [0.5, 0.6) is 5.75 Å². The number of aromatic nitrogens is 2. The average Bonchev–Trinajstić information content (AvgIpc) is 2.19. The molecule has 1 unspecified atom stereocenters. The number of fused-ring (bicyclic) bond motifs is 1. The van der Waals surface area contributed by atoms with Gasteiger partial charge < -0.3 is 9.64 Å². The summed E-state index contributed by atoms with van der Waals surface area (Å²) >= 11 is 5.93. The predicted octanol–water partition coefficient (Wildman–Crippen LogP) is 1.74. The molecule has 0 saturated carbocycles. The molecule has 1 aromatic rings. The molecule has 0 aliphatic carbocycles. The minimum absolute atomic E-state index is 0.177. The lowest BCUT2D eigenvalue weighted by Gasteiger charge is -2.32. The Kier molecular flexibility index (Phi) is 2.46. The van der Waals surface area contributed by atoms with Crippen molar-refractivity contribution in [2.75, 3.05) is 18.5 Å². The molecule has 4 nitrogen and oxygen atoms in total. The van der Waals surface area contributed by atoms with Crippen molar-refractivity contribution in [3.63, 3.8) is 0 Å². The number of ether oxygens (including phenoxy) is 1. The lowest BCUT2D eigenvalue weighted by Crippen LogP contribution is -2.38. The third kappa shape index (κ3) is 1.50. The molecule has 5 heteroatoms. The van der Waals surface area contributed by atoms with Crippen LogP contribution in [0, 0.1) is 0 Å². The summed E-state index contributed by atoms with van der Waals surface area (Å²) in [4.78, 5) is 10.1. The zero-order chi connectivity index (χ0) is 10.1. The van der Waals surface area contributed by atoms with Crippen LogP contribution in [0.15, 0.2) is 6.33 Å². The molecule has 0 saturated heterocycles. The second kappa shape index (κ2) is 3.61. The zero-order valence-corrected chi connectivity index (χ0v) is 8.95. The highest BCUT2D eigenvalue weighted by atomic mass is 35.5. The van der Waals surface area contributed by atoms with E-state index in [1.807, 2.05) is 11.9 Å². The van der Waals surface area contributed by atoms with Crippen LogP contribution in [0.2, 0.25) is 5.15 Å². The number of nitrogens with zero attached hydrogens (tertiary/aromatic N) is 3. The molecule has 14 heavy (non-hydrogen) atoms. The van der Waals surface area contributed by atoms with Gasteiger partial charge in [-0.05, 0) is 6.42 Å². The van der Waals surface area contributed by atoms with Crippen molar-refractivity contribution >= 4 is 17.4 Å². The van der Waals surface area contributed by atoms with E-state index in [9.17, 15) is 0 Å². The fourth-order valence-corrected chi connectivity index (χ4v) is 1.70. The Morgan fingerprint density at radius 1 is 1.64 bits per heavy atom. The van der Waals surface area contributed by atoms with E-state index in [-0.39, 0.29) is 6.10 Å². The molecule has 1 aliphatic heterocycles. The summed E-state index contributed by atoms with van der Waals surface area (Å²) in [7, 11) is 1.98. The van der Waals surface area contributed by atoms with Gasteiger partial charge in [-0.15, -0.1) is 0 Å². The van der Waals surface area contributed by atoms with Crippen molar-refractivity contribution in [3.8, 4) is 5.75 Å². The van der Waals surface area contributed by atoms with Gasteiger partial charge in [0.1, 0.15) is 12.4 Å². The molecule has 0 spiro atoms. The molecule has 0 bridgehead atoms. The van der Waals surface area contributed by atoms with Gasteiger partial charge in [0.05, 0.1) is 6.54 Å². The minimum atomic E-state index is 0.177. The van der Waals surface area contributed by atoms with Gasteiger partial charge in [0.2, 0.25) is 0 Å². The molecule has 0 N–H and O–H groups in total. The second-order valence-electron chi connectivity index (χ2n) is 3.35. The van der Waals surface area contributed by atoms with E-state index in [0.717, 1.165) is 18.8 Å². The molecular formula is C9H12ClN3O. The van der Waals surface area contributed by atoms with Gasteiger partial charge in [-0.3, -0.25) is 0 Å².